The molecule has 0 aromatic heterocycles. The van der Waals surface area contributed by atoms with Crippen molar-refractivity contribution >= 4 is 23.6 Å². The van der Waals surface area contributed by atoms with Gasteiger partial charge in [-0.25, -0.2) is 0 Å². The fourth-order valence-electron chi connectivity index (χ4n) is 3.65. The van der Waals surface area contributed by atoms with Crippen LogP contribution >= 0.6 is 11.8 Å². The van der Waals surface area contributed by atoms with E-state index in [0.29, 0.717) is 24.1 Å². The number of carbonyl (C=O) groups excluding carboxylic acids is 2. The van der Waals surface area contributed by atoms with Gasteiger partial charge >= 0.3 is 0 Å². The van der Waals surface area contributed by atoms with Crippen molar-refractivity contribution in [2.45, 2.75) is 25.4 Å². The normalized spacial score (nSPS) is 29.6. The number of nitrogens with zero attached hydrogens (tertiary/aromatic N) is 2. The third-order valence-electron chi connectivity index (χ3n) is 5.10. The smallest absolute Gasteiger partial charge is 0.243 e. The Morgan fingerprint density at radius 1 is 1.25 bits per heavy atom. The molecule has 0 spiro atoms. The molecule has 3 heterocycles. The first-order valence-corrected chi connectivity index (χ1v) is 9.84. The summed E-state index contributed by atoms with van der Waals surface area (Å²) in [5.74, 6) is 1.67. The second kappa shape index (κ2) is 8.51. The molecule has 7 nitrogen and oxygen atoms in total. The summed E-state index contributed by atoms with van der Waals surface area (Å²) in [6, 6.07) is -0.0575. The second-order valence-corrected chi connectivity index (χ2v) is 7.59. The van der Waals surface area contributed by atoms with Gasteiger partial charge in [-0.2, -0.15) is 0 Å². The molecule has 2 amide bonds. The number of hydrogen-bond acceptors (Lipinski definition) is 6. The number of hydrogen-bond donors (Lipinski definition) is 1. The Bertz CT molecular complexity index is 453. The Balaban J connectivity index is 1.58. The van der Waals surface area contributed by atoms with Gasteiger partial charge in [0.2, 0.25) is 11.8 Å². The third kappa shape index (κ3) is 4.22. The Kier molecular flexibility index (Phi) is 6.37. The molecule has 3 fully saturated rings. The van der Waals surface area contributed by atoms with Crippen molar-refractivity contribution < 1.29 is 19.1 Å². The lowest BCUT2D eigenvalue weighted by Crippen LogP contribution is -2.54. The van der Waals surface area contributed by atoms with Crippen molar-refractivity contribution in [2.24, 2.45) is 5.92 Å². The van der Waals surface area contributed by atoms with E-state index in [4.69, 9.17) is 9.47 Å². The molecular formula is C16H27N3O4S. The van der Waals surface area contributed by atoms with Crippen LogP contribution in [0.2, 0.25) is 0 Å². The molecule has 8 heteroatoms. The Hall–Kier alpha value is -0.830. The molecule has 3 atom stereocenters. The van der Waals surface area contributed by atoms with E-state index in [-0.39, 0.29) is 23.9 Å². The van der Waals surface area contributed by atoms with Gasteiger partial charge in [-0.05, 0) is 6.42 Å². The van der Waals surface area contributed by atoms with Crippen LogP contribution in [0.25, 0.3) is 0 Å². The summed E-state index contributed by atoms with van der Waals surface area (Å²) < 4.78 is 11.0. The molecule has 0 unspecified atom stereocenters. The lowest BCUT2D eigenvalue weighted by Gasteiger charge is -2.37. The highest BCUT2D eigenvalue weighted by Gasteiger charge is 2.35. The van der Waals surface area contributed by atoms with Gasteiger partial charge in [-0.15, -0.1) is 11.8 Å². The van der Waals surface area contributed by atoms with Crippen LogP contribution in [-0.4, -0.2) is 91.4 Å². The number of nitrogens with one attached hydrogen (secondary N) is 1. The maximum absolute atomic E-state index is 12.6. The highest BCUT2D eigenvalue weighted by Crippen LogP contribution is 2.23. The number of carbonyl (C=O) groups is 2. The fraction of sp³-hybridized carbons (Fsp3) is 0.875. The van der Waals surface area contributed by atoms with Crippen LogP contribution in [0, 0.1) is 5.92 Å². The Morgan fingerprint density at radius 3 is 2.71 bits per heavy atom. The average molecular weight is 357 g/mol. The van der Waals surface area contributed by atoms with E-state index in [1.165, 1.54) is 6.92 Å². The molecule has 24 heavy (non-hydrogen) atoms. The van der Waals surface area contributed by atoms with Crippen molar-refractivity contribution in [2.75, 3.05) is 57.7 Å². The highest BCUT2D eigenvalue weighted by atomic mass is 32.2. The lowest BCUT2D eigenvalue weighted by molar-refractivity contribution is -0.136. The number of rotatable bonds is 5. The van der Waals surface area contributed by atoms with Crippen LogP contribution in [0.4, 0.5) is 0 Å². The molecule has 0 aromatic rings. The summed E-state index contributed by atoms with van der Waals surface area (Å²) >= 11 is 1.63. The minimum absolute atomic E-state index is 0.0333. The van der Waals surface area contributed by atoms with Crippen molar-refractivity contribution in [3.8, 4) is 0 Å². The summed E-state index contributed by atoms with van der Waals surface area (Å²) in [6.07, 6.45) is 1.04. The fourth-order valence-corrected chi connectivity index (χ4v) is 4.87. The number of amides is 2. The van der Waals surface area contributed by atoms with Gasteiger partial charge in [-0.1, -0.05) is 0 Å². The van der Waals surface area contributed by atoms with Crippen LogP contribution in [-0.2, 0) is 19.1 Å². The van der Waals surface area contributed by atoms with E-state index in [2.05, 4.69) is 10.2 Å². The molecule has 0 radical (unpaired) electrons. The molecule has 3 rings (SSSR count). The van der Waals surface area contributed by atoms with E-state index < -0.39 is 0 Å². The predicted octanol–water partition coefficient (Wildman–Crippen LogP) is -0.239. The SMILES string of the molecule is CC(=O)N1CSC[C@@H]1C(=O)NC[C@H]([C@@H]1CCOC1)N1CCOCC1. The van der Waals surface area contributed by atoms with Gasteiger partial charge in [0.15, 0.2) is 0 Å². The molecule has 136 valence electrons. The molecule has 0 saturated carbocycles. The van der Waals surface area contributed by atoms with Gasteiger partial charge in [0.1, 0.15) is 6.04 Å². The van der Waals surface area contributed by atoms with E-state index in [0.717, 1.165) is 45.9 Å². The first-order chi connectivity index (χ1) is 11.7. The zero-order chi connectivity index (χ0) is 16.9. The molecule has 3 aliphatic rings. The van der Waals surface area contributed by atoms with Crippen LogP contribution in [0.15, 0.2) is 0 Å². The monoisotopic (exact) mass is 357 g/mol. The zero-order valence-corrected chi connectivity index (χ0v) is 15.1. The first kappa shape index (κ1) is 18.0. The maximum Gasteiger partial charge on any atom is 0.243 e. The number of morpholine rings is 1. The molecular weight excluding hydrogens is 330 g/mol. The van der Waals surface area contributed by atoms with Crippen LogP contribution < -0.4 is 5.32 Å². The molecule has 3 aliphatic heterocycles. The minimum atomic E-state index is -0.335. The molecule has 0 bridgehead atoms. The summed E-state index contributed by atoms with van der Waals surface area (Å²) in [5, 5.41) is 3.10. The largest absolute Gasteiger partial charge is 0.381 e. The van der Waals surface area contributed by atoms with E-state index in [1.54, 1.807) is 16.7 Å². The topological polar surface area (TPSA) is 71.1 Å². The summed E-state index contributed by atoms with van der Waals surface area (Å²) in [5.41, 5.74) is 0. The molecule has 0 aliphatic carbocycles. The average Bonchev–Trinajstić information content (AvgIpc) is 3.27. The van der Waals surface area contributed by atoms with Gasteiger partial charge in [0, 0.05) is 50.9 Å². The Labute approximate surface area is 147 Å². The van der Waals surface area contributed by atoms with Crippen LogP contribution in [0.3, 0.4) is 0 Å². The summed E-state index contributed by atoms with van der Waals surface area (Å²) in [6.45, 7) is 6.99. The number of thioether (sulfide) groups is 1. The lowest BCUT2D eigenvalue weighted by atomic mass is 9.96. The first-order valence-electron chi connectivity index (χ1n) is 8.69. The predicted molar refractivity (Wildman–Crippen MR) is 91.7 cm³/mol. The maximum atomic E-state index is 12.6. The summed E-state index contributed by atoms with van der Waals surface area (Å²) in [4.78, 5) is 28.3. The molecule has 0 aromatic carbocycles. The minimum Gasteiger partial charge on any atom is -0.381 e. The Morgan fingerprint density at radius 2 is 2.04 bits per heavy atom. The molecule has 1 N–H and O–H groups in total. The van der Waals surface area contributed by atoms with E-state index >= 15 is 0 Å². The molecule has 3 saturated heterocycles. The number of ether oxygens (including phenoxy) is 2. The van der Waals surface area contributed by atoms with Gasteiger partial charge < -0.3 is 19.7 Å². The highest BCUT2D eigenvalue weighted by molar-refractivity contribution is 7.99. The standard InChI is InChI=1S/C16H27N3O4S/c1-12(20)19-11-24-10-15(19)16(21)17-8-14(13-2-5-23-9-13)18-3-6-22-7-4-18/h13-15H,2-11H2,1H3,(H,17,21)/t13-,14-,15-/m1/s1. The van der Waals surface area contributed by atoms with Crippen molar-refractivity contribution in [1.82, 2.24) is 15.1 Å². The van der Waals surface area contributed by atoms with E-state index in [9.17, 15) is 9.59 Å². The van der Waals surface area contributed by atoms with Gasteiger partial charge in [0.25, 0.3) is 0 Å². The third-order valence-corrected chi connectivity index (χ3v) is 6.11. The van der Waals surface area contributed by atoms with Crippen molar-refractivity contribution in [1.29, 1.82) is 0 Å². The van der Waals surface area contributed by atoms with Gasteiger partial charge in [-0.3, -0.25) is 14.5 Å². The summed E-state index contributed by atoms with van der Waals surface area (Å²) in [7, 11) is 0. The van der Waals surface area contributed by atoms with Crippen LogP contribution in [0.5, 0.6) is 0 Å². The van der Waals surface area contributed by atoms with Crippen molar-refractivity contribution in [3.05, 3.63) is 0 Å². The van der Waals surface area contributed by atoms with Crippen LogP contribution in [0.1, 0.15) is 13.3 Å². The van der Waals surface area contributed by atoms with Crippen molar-refractivity contribution in [3.63, 3.8) is 0 Å². The second-order valence-electron chi connectivity index (χ2n) is 6.59. The van der Waals surface area contributed by atoms with Gasteiger partial charge in [0.05, 0.1) is 25.7 Å². The quantitative estimate of drug-likeness (QED) is 0.732. The zero-order valence-electron chi connectivity index (χ0n) is 14.2. The van der Waals surface area contributed by atoms with E-state index in [1.807, 2.05) is 0 Å².